The van der Waals surface area contributed by atoms with Crippen molar-refractivity contribution in [2.24, 2.45) is 0 Å². The van der Waals surface area contributed by atoms with Crippen molar-refractivity contribution in [2.45, 2.75) is 45.7 Å². The molecule has 146 valence electrons. The molecule has 2 aromatic rings. The van der Waals surface area contributed by atoms with Gasteiger partial charge in [-0.05, 0) is 69.0 Å². The lowest BCUT2D eigenvalue weighted by Gasteiger charge is -2.44. The lowest BCUT2D eigenvalue weighted by Crippen LogP contribution is -2.55. The van der Waals surface area contributed by atoms with Crippen LogP contribution in [0.3, 0.4) is 0 Å². The van der Waals surface area contributed by atoms with Crippen LogP contribution in [0.1, 0.15) is 58.9 Å². The van der Waals surface area contributed by atoms with Gasteiger partial charge in [-0.15, -0.1) is 0 Å². The molecule has 2 aromatic carbocycles. The highest BCUT2D eigenvalue weighted by atomic mass is 16.2. The minimum absolute atomic E-state index is 0.0947. The summed E-state index contributed by atoms with van der Waals surface area (Å²) in [6.07, 6.45) is 4.44. The molecule has 1 atom stereocenters. The van der Waals surface area contributed by atoms with Gasteiger partial charge in [-0.2, -0.15) is 0 Å². The number of carbonyl (C=O) groups excluding carboxylic acids is 2. The zero-order valence-corrected chi connectivity index (χ0v) is 16.6. The van der Waals surface area contributed by atoms with Crippen LogP contribution in [0, 0.1) is 6.92 Å². The third kappa shape index (κ3) is 3.37. The van der Waals surface area contributed by atoms with Gasteiger partial charge in [0, 0.05) is 24.3 Å². The molecule has 0 aliphatic carbocycles. The summed E-state index contributed by atoms with van der Waals surface area (Å²) < 4.78 is 0. The number of rotatable bonds is 3. The molecule has 0 spiro atoms. The maximum atomic E-state index is 13.1. The lowest BCUT2D eigenvalue weighted by molar-refractivity contribution is 0.0656. The monoisotopic (exact) mass is 377 g/mol. The fourth-order valence-corrected chi connectivity index (χ4v) is 4.37. The first-order chi connectivity index (χ1) is 13.6. The SMILES string of the molecule is CCN1c2cc(C(=O)Nc3cccc(C)c3)ccc2C(=O)N2CCCCC[C@H]21. The van der Waals surface area contributed by atoms with E-state index in [-0.39, 0.29) is 18.0 Å². The number of hydrogen-bond donors (Lipinski definition) is 1. The average Bonchev–Trinajstić information content (AvgIpc) is 2.94. The first kappa shape index (κ1) is 18.5. The Hall–Kier alpha value is -2.82. The maximum absolute atomic E-state index is 13.1. The van der Waals surface area contributed by atoms with E-state index in [1.165, 1.54) is 6.42 Å². The summed E-state index contributed by atoms with van der Waals surface area (Å²) in [7, 11) is 0. The fraction of sp³-hybridized carbons (Fsp3) is 0.391. The second-order valence-corrected chi connectivity index (χ2v) is 7.67. The number of benzene rings is 2. The Bertz CT molecular complexity index is 908. The summed E-state index contributed by atoms with van der Waals surface area (Å²) in [6, 6.07) is 13.2. The van der Waals surface area contributed by atoms with Crippen LogP contribution in [0.2, 0.25) is 0 Å². The van der Waals surface area contributed by atoms with Gasteiger partial charge in [0.1, 0.15) is 6.17 Å². The van der Waals surface area contributed by atoms with Crippen molar-refractivity contribution < 1.29 is 9.59 Å². The number of carbonyl (C=O) groups is 2. The zero-order chi connectivity index (χ0) is 19.7. The Morgan fingerprint density at radius 3 is 2.79 bits per heavy atom. The first-order valence-corrected chi connectivity index (χ1v) is 10.2. The molecular weight excluding hydrogens is 350 g/mol. The van der Waals surface area contributed by atoms with Crippen LogP contribution in [0.15, 0.2) is 42.5 Å². The second-order valence-electron chi connectivity index (χ2n) is 7.67. The summed E-state index contributed by atoms with van der Waals surface area (Å²) in [6.45, 7) is 5.74. The van der Waals surface area contributed by atoms with E-state index in [9.17, 15) is 9.59 Å². The number of nitrogens with one attached hydrogen (secondary N) is 1. The maximum Gasteiger partial charge on any atom is 0.257 e. The van der Waals surface area contributed by atoms with Gasteiger partial charge >= 0.3 is 0 Å². The van der Waals surface area contributed by atoms with Gasteiger partial charge in [0.2, 0.25) is 0 Å². The molecule has 0 unspecified atom stereocenters. The van der Waals surface area contributed by atoms with E-state index in [0.29, 0.717) is 11.1 Å². The number of hydrogen-bond acceptors (Lipinski definition) is 3. The Labute approximate surface area is 166 Å². The molecule has 28 heavy (non-hydrogen) atoms. The number of anilines is 2. The summed E-state index contributed by atoms with van der Waals surface area (Å²) in [5, 5.41) is 2.96. The third-order valence-corrected chi connectivity index (χ3v) is 5.76. The molecule has 0 bridgehead atoms. The van der Waals surface area contributed by atoms with Gasteiger partial charge in [-0.3, -0.25) is 9.59 Å². The fourth-order valence-electron chi connectivity index (χ4n) is 4.37. The van der Waals surface area contributed by atoms with E-state index in [2.05, 4.69) is 17.1 Å². The quantitative estimate of drug-likeness (QED) is 0.861. The van der Waals surface area contributed by atoms with Crippen LogP contribution in [-0.2, 0) is 0 Å². The van der Waals surface area contributed by atoms with Gasteiger partial charge in [-0.25, -0.2) is 0 Å². The first-order valence-electron chi connectivity index (χ1n) is 10.2. The molecule has 0 radical (unpaired) electrons. The molecule has 5 heteroatoms. The Morgan fingerprint density at radius 2 is 2.00 bits per heavy atom. The number of aryl methyl sites for hydroxylation is 1. The van der Waals surface area contributed by atoms with Crippen LogP contribution in [0.5, 0.6) is 0 Å². The highest BCUT2D eigenvalue weighted by Crippen LogP contribution is 2.35. The predicted molar refractivity (Wildman–Crippen MR) is 112 cm³/mol. The van der Waals surface area contributed by atoms with Gasteiger partial charge in [-0.1, -0.05) is 18.6 Å². The molecule has 1 fully saturated rings. The Balaban J connectivity index is 1.66. The number of nitrogens with zero attached hydrogens (tertiary/aromatic N) is 2. The van der Waals surface area contributed by atoms with Crippen molar-refractivity contribution in [2.75, 3.05) is 23.3 Å². The molecule has 2 aliphatic rings. The minimum atomic E-state index is -0.153. The smallest absolute Gasteiger partial charge is 0.257 e. The largest absolute Gasteiger partial charge is 0.351 e. The second kappa shape index (κ2) is 7.66. The van der Waals surface area contributed by atoms with Crippen LogP contribution >= 0.6 is 0 Å². The zero-order valence-electron chi connectivity index (χ0n) is 16.6. The molecule has 0 aromatic heterocycles. The van der Waals surface area contributed by atoms with Gasteiger partial charge < -0.3 is 15.1 Å². The van der Waals surface area contributed by atoms with Crippen molar-refractivity contribution in [3.05, 3.63) is 59.2 Å². The van der Waals surface area contributed by atoms with Crippen LogP contribution < -0.4 is 10.2 Å². The summed E-state index contributed by atoms with van der Waals surface area (Å²) in [5.74, 6) is -0.0579. The van der Waals surface area contributed by atoms with Gasteiger partial charge in [0.15, 0.2) is 0 Å². The highest BCUT2D eigenvalue weighted by molar-refractivity contribution is 6.08. The number of amides is 2. The van der Waals surface area contributed by atoms with E-state index in [1.54, 1.807) is 6.07 Å². The van der Waals surface area contributed by atoms with Gasteiger partial charge in [0.25, 0.3) is 11.8 Å². The minimum Gasteiger partial charge on any atom is -0.351 e. The molecule has 2 amide bonds. The van der Waals surface area contributed by atoms with Crippen molar-refractivity contribution in [1.29, 1.82) is 0 Å². The standard InChI is InChI=1S/C23H27N3O2/c1-3-25-20-15-17(22(27)24-18-9-7-8-16(2)14-18)11-12-19(20)23(28)26-13-6-4-5-10-21(25)26/h7-9,11-12,14-15,21H,3-6,10,13H2,1-2H3,(H,24,27)/t21-/m0/s1. The molecule has 0 saturated carbocycles. The summed E-state index contributed by atoms with van der Waals surface area (Å²) in [4.78, 5) is 30.2. The van der Waals surface area contributed by atoms with E-state index >= 15 is 0 Å². The van der Waals surface area contributed by atoms with Crippen LogP contribution in [0.25, 0.3) is 0 Å². The Kier molecular flexibility index (Phi) is 5.07. The Morgan fingerprint density at radius 1 is 1.14 bits per heavy atom. The van der Waals surface area contributed by atoms with Crippen LogP contribution in [-0.4, -0.2) is 36.0 Å². The van der Waals surface area contributed by atoms with E-state index in [0.717, 1.165) is 49.3 Å². The molecular formula is C23H27N3O2. The molecule has 5 nitrogen and oxygen atoms in total. The lowest BCUT2D eigenvalue weighted by atomic mass is 10.0. The third-order valence-electron chi connectivity index (χ3n) is 5.76. The van der Waals surface area contributed by atoms with E-state index in [4.69, 9.17) is 0 Å². The normalized spacial score (nSPS) is 18.9. The van der Waals surface area contributed by atoms with Crippen molar-refractivity contribution in [3.8, 4) is 0 Å². The summed E-state index contributed by atoms with van der Waals surface area (Å²) >= 11 is 0. The average molecular weight is 377 g/mol. The van der Waals surface area contributed by atoms with Gasteiger partial charge in [0.05, 0.1) is 11.3 Å². The molecule has 1 N–H and O–H groups in total. The van der Waals surface area contributed by atoms with Crippen LogP contribution in [0.4, 0.5) is 11.4 Å². The molecule has 1 saturated heterocycles. The van der Waals surface area contributed by atoms with Crippen molar-refractivity contribution in [1.82, 2.24) is 4.90 Å². The van der Waals surface area contributed by atoms with Crippen molar-refractivity contribution >= 4 is 23.2 Å². The predicted octanol–water partition coefficient (Wildman–Crippen LogP) is 4.43. The van der Waals surface area contributed by atoms with E-state index in [1.807, 2.05) is 48.2 Å². The van der Waals surface area contributed by atoms with Crippen molar-refractivity contribution in [3.63, 3.8) is 0 Å². The molecule has 2 aliphatic heterocycles. The topological polar surface area (TPSA) is 52.7 Å². The molecule has 2 heterocycles. The highest BCUT2D eigenvalue weighted by Gasteiger charge is 2.37. The van der Waals surface area contributed by atoms with E-state index < -0.39 is 0 Å². The molecule has 4 rings (SSSR count). The number of fused-ring (bicyclic) bond motifs is 2. The summed E-state index contributed by atoms with van der Waals surface area (Å²) in [5.41, 5.74) is 4.04.